The molecule has 1 aliphatic rings. The second kappa shape index (κ2) is 9.61. The molecule has 1 amide bonds. The highest BCUT2D eigenvalue weighted by molar-refractivity contribution is 5.94. The normalized spacial score (nSPS) is 15.8. The number of piperidine rings is 1. The first-order valence-electron chi connectivity index (χ1n) is 11.2. The highest BCUT2D eigenvalue weighted by Gasteiger charge is 2.28. The standard InChI is InChI=1S/C27H25N5O/c33-27(21-8-3-1-4-9-21)32-17-7-10-22(19-32)26-30-24(20-13-15-28-16-14-20)18-25(31-26)29-23-11-5-2-6-12-23/h1-6,8-9,11-16,18,22H,7,10,17,19H2,(H,29,30,31). The first-order chi connectivity index (χ1) is 16.3. The number of likely N-dealkylation sites (tertiary alicyclic amines) is 1. The Bertz CT molecular complexity index is 1220. The van der Waals surface area contributed by atoms with E-state index in [0.717, 1.165) is 53.5 Å². The summed E-state index contributed by atoms with van der Waals surface area (Å²) in [6, 6.07) is 25.3. The number of hydrogen-bond acceptors (Lipinski definition) is 5. The Morgan fingerprint density at radius 3 is 2.39 bits per heavy atom. The molecule has 0 radical (unpaired) electrons. The number of nitrogens with one attached hydrogen (secondary N) is 1. The predicted octanol–water partition coefficient (Wildman–Crippen LogP) is 5.30. The summed E-state index contributed by atoms with van der Waals surface area (Å²) in [5, 5.41) is 3.41. The zero-order valence-corrected chi connectivity index (χ0v) is 18.3. The van der Waals surface area contributed by atoms with Crippen LogP contribution in [0.1, 0.15) is 34.9 Å². The number of rotatable bonds is 5. The number of pyridine rings is 1. The van der Waals surface area contributed by atoms with Crippen LogP contribution in [0.5, 0.6) is 0 Å². The van der Waals surface area contributed by atoms with E-state index in [9.17, 15) is 4.79 Å². The van der Waals surface area contributed by atoms with Crippen molar-refractivity contribution in [2.45, 2.75) is 18.8 Å². The van der Waals surface area contributed by atoms with Gasteiger partial charge in [0.15, 0.2) is 0 Å². The van der Waals surface area contributed by atoms with Crippen molar-refractivity contribution in [1.82, 2.24) is 19.9 Å². The largest absolute Gasteiger partial charge is 0.340 e. The van der Waals surface area contributed by atoms with Gasteiger partial charge < -0.3 is 10.2 Å². The quantitative estimate of drug-likeness (QED) is 0.460. The number of benzene rings is 2. The maximum absolute atomic E-state index is 13.0. The van der Waals surface area contributed by atoms with Crippen molar-refractivity contribution in [3.63, 3.8) is 0 Å². The van der Waals surface area contributed by atoms with Gasteiger partial charge in [-0.1, -0.05) is 36.4 Å². The molecule has 1 fully saturated rings. The van der Waals surface area contributed by atoms with Crippen LogP contribution >= 0.6 is 0 Å². The molecule has 33 heavy (non-hydrogen) atoms. The molecule has 0 bridgehead atoms. The first-order valence-corrected chi connectivity index (χ1v) is 11.2. The molecule has 6 heteroatoms. The Kier molecular flexibility index (Phi) is 6.06. The summed E-state index contributed by atoms with van der Waals surface area (Å²) in [6.45, 7) is 1.36. The van der Waals surface area contributed by atoms with Crippen molar-refractivity contribution in [2.24, 2.45) is 0 Å². The lowest BCUT2D eigenvalue weighted by atomic mass is 9.96. The van der Waals surface area contributed by atoms with E-state index in [4.69, 9.17) is 9.97 Å². The Labute approximate surface area is 193 Å². The molecule has 2 aromatic carbocycles. The minimum absolute atomic E-state index is 0.0632. The predicted molar refractivity (Wildman–Crippen MR) is 129 cm³/mol. The van der Waals surface area contributed by atoms with Crippen LogP contribution in [0.4, 0.5) is 11.5 Å². The number of hydrogen-bond donors (Lipinski definition) is 1. The molecular formula is C27H25N5O. The van der Waals surface area contributed by atoms with Crippen LogP contribution < -0.4 is 5.32 Å². The zero-order valence-electron chi connectivity index (χ0n) is 18.3. The molecule has 5 rings (SSSR count). The molecular weight excluding hydrogens is 410 g/mol. The van der Waals surface area contributed by atoms with Crippen LogP contribution in [0.15, 0.2) is 91.3 Å². The third kappa shape index (κ3) is 4.90. The molecule has 1 N–H and O–H groups in total. The van der Waals surface area contributed by atoms with E-state index < -0.39 is 0 Å². The van der Waals surface area contributed by atoms with Gasteiger partial charge in [0.05, 0.1) is 5.69 Å². The highest BCUT2D eigenvalue weighted by atomic mass is 16.2. The second-order valence-corrected chi connectivity index (χ2v) is 8.18. The van der Waals surface area contributed by atoms with Gasteiger partial charge in [-0.05, 0) is 49.2 Å². The van der Waals surface area contributed by atoms with Crippen molar-refractivity contribution < 1.29 is 4.79 Å². The number of carbonyl (C=O) groups excluding carboxylic acids is 1. The van der Waals surface area contributed by atoms with Gasteiger partial charge in [-0.15, -0.1) is 0 Å². The topological polar surface area (TPSA) is 71.0 Å². The highest BCUT2D eigenvalue weighted by Crippen LogP contribution is 2.29. The molecule has 164 valence electrons. The maximum Gasteiger partial charge on any atom is 0.253 e. The van der Waals surface area contributed by atoms with Gasteiger partial charge in [0.2, 0.25) is 0 Å². The summed E-state index contributed by atoms with van der Waals surface area (Å²) in [5.41, 5.74) is 3.51. The minimum Gasteiger partial charge on any atom is -0.340 e. The molecule has 1 atom stereocenters. The van der Waals surface area contributed by atoms with E-state index in [1.807, 2.05) is 83.8 Å². The number of anilines is 2. The summed E-state index contributed by atoms with van der Waals surface area (Å²) in [6.07, 6.45) is 5.40. The van der Waals surface area contributed by atoms with Gasteiger partial charge >= 0.3 is 0 Å². The first kappa shape index (κ1) is 20.8. The van der Waals surface area contributed by atoms with E-state index in [-0.39, 0.29) is 11.8 Å². The van der Waals surface area contributed by atoms with Crippen molar-refractivity contribution in [2.75, 3.05) is 18.4 Å². The summed E-state index contributed by atoms with van der Waals surface area (Å²) >= 11 is 0. The average Bonchev–Trinajstić information content (AvgIpc) is 2.90. The second-order valence-electron chi connectivity index (χ2n) is 8.18. The molecule has 6 nitrogen and oxygen atoms in total. The third-order valence-electron chi connectivity index (χ3n) is 5.86. The van der Waals surface area contributed by atoms with Crippen molar-refractivity contribution in [3.05, 3.63) is 103 Å². The average molecular weight is 436 g/mol. The van der Waals surface area contributed by atoms with Gasteiger partial charge in [0.25, 0.3) is 5.91 Å². The minimum atomic E-state index is 0.0632. The summed E-state index contributed by atoms with van der Waals surface area (Å²) < 4.78 is 0. The van der Waals surface area contributed by atoms with Crippen molar-refractivity contribution in [1.29, 1.82) is 0 Å². The Hall–Kier alpha value is -4.06. The Morgan fingerprint density at radius 2 is 1.64 bits per heavy atom. The van der Waals surface area contributed by atoms with Gasteiger partial charge in [-0.3, -0.25) is 9.78 Å². The summed E-state index contributed by atoms with van der Waals surface area (Å²) in [4.78, 5) is 28.9. The molecule has 1 unspecified atom stereocenters. The number of aromatic nitrogens is 3. The van der Waals surface area contributed by atoms with Crippen LogP contribution in [0, 0.1) is 0 Å². The van der Waals surface area contributed by atoms with Crippen LogP contribution in [0.3, 0.4) is 0 Å². The van der Waals surface area contributed by atoms with E-state index in [1.165, 1.54) is 0 Å². The lowest BCUT2D eigenvalue weighted by Crippen LogP contribution is -2.39. The van der Waals surface area contributed by atoms with Crippen molar-refractivity contribution >= 4 is 17.4 Å². The van der Waals surface area contributed by atoms with E-state index >= 15 is 0 Å². The lowest BCUT2D eigenvalue weighted by molar-refractivity contribution is 0.0704. The molecule has 3 heterocycles. The fourth-order valence-electron chi connectivity index (χ4n) is 4.19. The van der Waals surface area contributed by atoms with Crippen LogP contribution in [0.2, 0.25) is 0 Å². The molecule has 1 aliphatic heterocycles. The molecule has 0 spiro atoms. The van der Waals surface area contributed by atoms with Gasteiger partial charge in [-0.2, -0.15) is 0 Å². The number of nitrogens with zero attached hydrogens (tertiary/aromatic N) is 4. The molecule has 0 saturated carbocycles. The number of para-hydroxylation sites is 1. The van der Waals surface area contributed by atoms with Gasteiger partial charge in [0, 0.05) is 54.3 Å². The molecule has 1 saturated heterocycles. The molecule has 0 aliphatic carbocycles. The van der Waals surface area contributed by atoms with Gasteiger partial charge in [0.1, 0.15) is 11.6 Å². The molecule has 4 aromatic rings. The fourth-order valence-corrected chi connectivity index (χ4v) is 4.19. The third-order valence-corrected chi connectivity index (χ3v) is 5.86. The summed E-state index contributed by atoms with van der Waals surface area (Å²) in [5.74, 6) is 1.63. The molecule has 2 aromatic heterocycles. The number of amides is 1. The van der Waals surface area contributed by atoms with E-state index in [1.54, 1.807) is 12.4 Å². The summed E-state index contributed by atoms with van der Waals surface area (Å²) in [7, 11) is 0. The van der Waals surface area contributed by atoms with Crippen molar-refractivity contribution in [3.8, 4) is 11.3 Å². The Morgan fingerprint density at radius 1 is 0.909 bits per heavy atom. The monoisotopic (exact) mass is 435 g/mol. The lowest BCUT2D eigenvalue weighted by Gasteiger charge is -2.32. The van der Waals surface area contributed by atoms with Crippen LogP contribution in [-0.2, 0) is 0 Å². The van der Waals surface area contributed by atoms with Gasteiger partial charge in [-0.25, -0.2) is 9.97 Å². The van der Waals surface area contributed by atoms with Crippen LogP contribution in [-0.4, -0.2) is 38.8 Å². The zero-order chi connectivity index (χ0) is 22.5. The van der Waals surface area contributed by atoms with E-state index in [0.29, 0.717) is 6.54 Å². The SMILES string of the molecule is O=C(c1ccccc1)N1CCCC(c2nc(Nc3ccccc3)cc(-c3ccncc3)n2)C1. The smallest absolute Gasteiger partial charge is 0.253 e. The maximum atomic E-state index is 13.0. The number of carbonyl (C=O) groups is 1. The Balaban J connectivity index is 1.46. The van der Waals surface area contributed by atoms with E-state index in [2.05, 4.69) is 10.3 Å². The van der Waals surface area contributed by atoms with Crippen LogP contribution in [0.25, 0.3) is 11.3 Å². The fraction of sp³-hybridized carbons (Fsp3) is 0.185.